The molecule has 0 atom stereocenters. The number of aromatic hydroxyl groups is 1. The van der Waals surface area contributed by atoms with Crippen LogP contribution in [0.15, 0.2) is 53.7 Å². The van der Waals surface area contributed by atoms with Gasteiger partial charge in [0.2, 0.25) is 5.43 Å². The van der Waals surface area contributed by atoms with E-state index in [1.165, 1.54) is 23.2 Å². The molecule has 102 valence electrons. The SMILES string of the molecule is O=c1ccn(CCCc2c[nH]c3ccccc23)cc1O. The molecule has 0 amide bonds. The van der Waals surface area contributed by atoms with Gasteiger partial charge in [-0.3, -0.25) is 4.79 Å². The predicted molar refractivity (Wildman–Crippen MR) is 79.0 cm³/mol. The summed E-state index contributed by atoms with van der Waals surface area (Å²) in [7, 11) is 0. The van der Waals surface area contributed by atoms with Gasteiger partial charge in [0.05, 0.1) is 0 Å². The quantitative estimate of drug-likeness (QED) is 0.764. The number of rotatable bonds is 4. The lowest BCUT2D eigenvalue weighted by Crippen LogP contribution is -2.05. The number of nitrogens with one attached hydrogen (secondary N) is 1. The Hall–Kier alpha value is -2.49. The van der Waals surface area contributed by atoms with Gasteiger partial charge in [-0.1, -0.05) is 18.2 Å². The molecule has 0 fully saturated rings. The van der Waals surface area contributed by atoms with E-state index >= 15 is 0 Å². The molecule has 1 aromatic carbocycles. The van der Waals surface area contributed by atoms with Crippen molar-refractivity contribution >= 4 is 10.9 Å². The lowest BCUT2D eigenvalue weighted by molar-refractivity contribution is 0.459. The van der Waals surface area contributed by atoms with Crippen LogP contribution in [-0.4, -0.2) is 14.7 Å². The van der Waals surface area contributed by atoms with Gasteiger partial charge < -0.3 is 14.7 Å². The molecule has 4 heteroatoms. The minimum Gasteiger partial charge on any atom is -0.503 e. The Balaban J connectivity index is 1.68. The van der Waals surface area contributed by atoms with Crippen molar-refractivity contribution in [2.45, 2.75) is 19.4 Å². The van der Waals surface area contributed by atoms with Gasteiger partial charge in [-0.05, 0) is 24.5 Å². The summed E-state index contributed by atoms with van der Waals surface area (Å²) in [6.07, 6.45) is 7.14. The minimum absolute atomic E-state index is 0.195. The topological polar surface area (TPSA) is 58.0 Å². The summed E-state index contributed by atoms with van der Waals surface area (Å²) < 4.78 is 1.84. The molecule has 4 nitrogen and oxygen atoms in total. The average molecular weight is 268 g/mol. The van der Waals surface area contributed by atoms with Crippen molar-refractivity contribution in [3.8, 4) is 5.75 Å². The van der Waals surface area contributed by atoms with E-state index in [1.54, 1.807) is 6.20 Å². The van der Waals surface area contributed by atoms with Gasteiger partial charge in [0.15, 0.2) is 5.75 Å². The molecule has 0 aliphatic heterocycles. The number of hydrogen-bond acceptors (Lipinski definition) is 2. The lowest BCUT2D eigenvalue weighted by Gasteiger charge is -2.06. The van der Waals surface area contributed by atoms with Gasteiger partial charge >= 0.3 is 0 Å². The molecule has 20 heavy (non-hydrogen) atoms. The Morgan fingerprint density at radius 3 is 2.90 bits per heavy atom. The first kappa shape index (κ1) is 12.5. The van der Waals surface area contributed by atoms with Crippen molar-refractivity contribution in [3.05, 3.63) is 64.7 Å². The maximum absolute atomic E-state index is 11.1. The van der Waals surface area contributed by atoms with Crippen molar-refractivity contribution in [1.82, 2.24) is 9.55 Å². The van der Waals surface area contributed by atoms with Crippen LogP contribution in [0.2, 0.25) is 0 Å². The number of benzene rings is 1. The number of aryl methyl sites for hydroxylation is 2. The smallest absolute Gasteiger partial charge is 0.223 e. The number of fused-ring (bicyclic) bond motifs is 1. The Bertz CT molecular complexity index is 786. The Labute approximate surface area is 116 Å². The summed E-state index contributed by atoms with van der Waals surface area (Å²) in [5.74, 6) is -0.195. The molecule has 2 N–H and O–H groups in total. The third-order valence-corrected chi connectivity index (χ3v) is 3.50. The van der Waals surface area contributed by atoms with Crippen molar-refractivity contribution in [1.29, 1.82) is 0 Å². The van der Waals surface area contributed by atoms with Crippen LogP contribution < -0.4 is 5.43 Å². The summed E-state index contributed by atoms with van der Waals surface area (Å²) in [5.41, 5.74) is 2.12. The molecule has 0 radical (unpaired) electrons. The highest BCUT2D eigenvalue weighted by atomic mass is 16.3. The summed E-state index contributed by atoms with van der Waals surface area (Å²) in [5, 5.41) is 10.6. The largest absolute Gasteiger partial charge is 0.503 e. The van der Waals surface area contributed by atoms with Gasteiger partial charge in [0.25, 0.3) is 0 Å². The van der Waals surface area contributed by atoms with Gasteiger partial charge in [-0.25, -0.2) is 0 Å². The van der Waals surface area contributed by atoms with Gasteiger partial charge in [0, 0.05) is 42.1 Å². The van der Waals surface area contributed by atoms with Crippen molar-refractivity contribution in [2.75, 3.05) is 0 Å². The maximum Gasteiger partial charge on any atom is 0.223 e. The normalized spacial score (nSPS) is 11.0. The van der Waals surface area contributed by atoms with Crippen LogP contribution in [0.3, 0.4) is 0 Å². The Morgan fingerprint density at radius 1 is 1.20 bits per heavy atom. The first-order chi connectivity index (χ1) is 9.74. The van der Waals surface area contributed by atoms with Crippen molar-refractivity contribution in [3.63, 3.8) is 0 Å². The first-order valence-corrected chi connectivity index (χ1v) is 6.68. The van der Waals surface area contributed by atoms with E-state index in [2.05, 4.69) is 17.1 Å². The Morgan fingerprint density at radius 2 is 2.05 bits per heavy atom. The molecule has 0 saturated carbocycles. The summed E-state index contributed by atoms with van der Waals surface area (Å²) in [6, 6.07) is 9.64. The molecule has 0 aliphatic carbocycles. The number of nitrogens with zero attached hydrogens (tertiary/aromatic N) is 1. The molecule has 0 spiro atoms. The molecule has 0 unspecified atom stereocenters. The molecule has 2 aromatic heterocycles. The van der Waals surface area contributed by atoms with Crippen LogP contribution in [0.5, 0.6) is 5.75 Å². The van der Waals surface area contributed by atoms with E-state index in [-0.39, 0.29) is 11.2 Å². The number of aromatic amines is 1. The van der Waals surface area contributed by atoms with E-state index in [0.29, 0.717) is 0 Å². The fraction of sp³-hybridized carbons (Fsp3) is 0.188. The molecule has 0 aliphatic rings. The molecular formula is C16H16N2O2. The van der Waals surface area contributed by atoms with Crippen LogP contribution in [0, 0.1) is 0 Å². The molecular weight excluding hydrogens is 252 g/mol. The number of hydrogen-bond donors (Lipinski definition) is 2. The zero-order valence-corrected chi connectivity index (χ0v) is 11.0. The molecule has 3 rings (SSSR count). The average Bonchev–Trinajstić information content (AvgIpc) is 2.86. The second-order valence-corrected chi connectivity index (χ2v) is 4.90. The third-order valence-electron chi connectivity index (χ3n) is 3.50. The van der Waals surface area contributed by atoms with Crippen molar-refractivity contribution in [2.24, 2.45) is 0 Å². The maximum atomic E-state index is 11.1. The van der Waals surface area contributed by atoms with E-state index in [0.717, 1.165) is 24.9 Å². The molecule has 2 heterocycles. The van der Waals surface area contributed by atoms with Crippen LogP contribution in [0.25, 0.3) is 10.9 Å². The van der Waals surface area contributed by atoms with Crippen LogP contribution in [0.4, 0.5) is 0 Å². The van der Waals surface area contributed by atoms with Crippen LogP contribution in [-0.2, 0) is 13.0 Å². The van der Waals surface area contributed by atoms with Crippen LogP contribution >= 0.6 is 0 Å². The molecule has 0 bridgehead atoms. The lowest BCUT2D eigenvalue weighted by atomic mass is 10.1. The highest BCUT2D eigenvalue weighted by Gasteiger charge is 2.03. The fourth-order valence-electron chi connectivity index (χ4n) is 2.44. The van der Waals surface area contributed by atoms with Gasteiger partial charge in [-0.2, -0.15) is 0 Å². The van der Waals surface area contributed by atoms with E-state index in [9.17, 15) is 9.90 Å². The molecule has 0 saturated heterocycles. The zero-order valence-electron chi connectivity index (χ0n) is 11.0. The van der Waals surface area contributed by atoms with Gasteiger partial charge in [0.1, 0.15) is 0 Å². The van der Waals surface area contributed by atoms with Crippen LogP contribution in [0.1, 0.15) is 12.0 Å². The van der Waals surface area contributed by atoms with E-state index in [1.807, 2.05) is 22.9 Å². The van der Waals surface area contributed by atoms with E-state index in [4.69, 9.17) is 0 Å². The zero-order chi connectivity index (χ0) is 13.9. The standard InChI is InChI=1S/C16H16N2O2/c19-15-7-9-18(11-16(15)20)8-3-4-12-10-17-14-6-2-1-5-13(12)14/h1-2,5-7,9-11,17,20H,3-4,8H2. The number of aromatic nitrogens is 2. The highest BCUT2D eigenvalue weighted by molar-refractivity contribution is 5.82. The summed E-state index contributed by atoms with van der Waals surface area (Å²) in [6.45, 7) is 0.771. The summed E-state index contributed by atoms with van der Waals surface area (Å²) >= 11 is 0. The second kappa shape index (κ2) is 5.25. The van der Waals surface area contributed by atoms with Crippen molar-refractivity contribution < 1.29 is 5.11 Å². The van der Waals surface area contributed by atoms with E-state index < -0.39 is 0 Å². The number of H-pyrrole nitrogens is 1. The number of pyridine rings is 1. The molecule has 3 aromatic rings. The monoisotopic (exact) mass is 268 g/mol. The summed E-state index contributed by atoms with van der Waals surface area (Å²) in [4.78, 5) is 14.4. The minimum atomic E-state index is -0.335. The Kier molecular flexibility index (Phi) is 3.29. The number of para-hydroxylation sites is 1. The highest BCUT2D eigenvalue weighted by Crippen LogP contribution is 2.19. The first-order valence-electron chi connectivity index (χ1n) is 6.68. The fourth-order valence-corrected chi connectivity index (χ4v) is 2.44. The second-order valence-electron chi connectivity index (χ2n) is 4.90. The van der Waals surface area contributed by atoms with Gasteiger partial charge in [-0.15, -0.1) is 0 Å². The predicted octanol–water partition coefficient (Wildman–Crippen LogP) is 2.67. The third kappa shape index (κ3) is 2.45.